The molecule has 6 rings (SSSR count). The Kier molecular flexibility index (Phi) is 8.22. The lowest BCUT2D eigenvalue weighted by Crippen LogP contribution is -2.52. The number of para-hydroxylation sites is 1. The fourth-order valence-corrected chi connectivity index (χ4v) is 6.91. The molecule has 2 aromatic heterocycles. The molecule has 3 aromatic rings. The SMILES string of the molecule is C=CC(=O)N1Cc2nc(CN3C[C@H]4CC(=O)N(c5cc(C(F)(F)F)cc(C)n5)[C@@H]4C(=O)N(C)c4cccc(Cl)c43)cn2C[C@H]1C(F)F. The summed E-state index contributed by atoms with van der Waals surface area (Å²) in [4.78, 5) is 54.0. The highest BCUT2D eigenvalue weighted by atomic mass is 35.5. The van der Waals surface area contributed by atoms with E-state index in [0.717, 1.165) is 28.0 Å². The van der Waals surface area contributed by atoms with Crippen LogP contribution >= 0.6 is 11.6 Å². The fourth-order valence-electron chi connectivity index (χ4n) is 6.62. The Hall–Kier alpha value is -4.53. The molecule has 0 bridgehead atoms. The van der Waals surface area contributed by atoms with Gasteiger partial charge >= 0.3 is 6.18 Å². The Bertz CT molecular complexity index is 1780. The Morgan fingerprint density at radius 1 is 1.17 bits per heavy atom. The third kappa shape index (κ3) is 5.81. The molecule has 47 heavy (non-hydrogen) atoms. The highest BCUT2D eigenvalue weighted by Gasteiger charge is 2.49. The zero-order chi connectivity index (χ0) is 33.9. The van der Waals surface area contributed by atoms with Gasteiger partial charge < -0.3 is 19.3 Å². The van der Waals surface area contributed by atoms with E-state index >= 15 is 0 Å². The van der Waals surface area contributed by atoms with Gasteiger partial charge in [0.25, 0.3) is 6.43 Å². The second-order valence-corrected chi connectivity index (χ2v) is 12.2. The smallest absolute Gasteiger partial charge is 0.362 e. The lowest BCUT2D eigenvalue weighted by molar-refractivity contribution is -0.137. The van der Waals surface area contributed by atoms with Gasteiger partial charge in [-0.25, -0.2) is 18.7 Å². The first-order chi connectivity index (χ1) is 22.2. The Morgan fingerprint density at radius 3 is 2.60 bits per heavy atom. The van der Waals surface area contributed by atoms with E-state index in [0.29, 0.717) is 27.9 Å². The van der Waals surface area contributed by atoms with Gasteiger partial charge in [0.15, 0.2) is 0 Å². The number of alkyl halides is 5. The van der Waals surface area contributed by atoms with E-state index in [1.165, 1.54) is 18.9 Å². The number of hydrogen-bond donors (Lipinski definition) is 0. The number of likely N-dealkylation sites (N-methyl/N-ethyl adjacent to an activating group) is 1. The van der Waals surface area contributed by atoms with Gasteiger partial charge in [0.2, 0.25) is 17.7 Å². The number of imidazole rings is 1. The fraction of sp³-hybridized carbons (Fsp3) is 0.387. The summed E-state index contributed by atoms with van der Waals surface area (Å²) in [6, 6.07) is 4.01. The number of halogens is 6. The minimum Gasteiger partial charge on any atom is -0.362 e. The summed E-state index contributed by atoms with van der Waals surface area (Å²) in [5, 5.41) is 0.293. The van der Waals surface area contributed by atoms with E-state index in [1.54, 1.807) is 29.0 Å². The topological polar surface area (TPSA) is 94.9 Å². The number of pyridine rings is 1. The highest BCUT2D eigenvalue weighted by Crippen LogP contribution is 2.43. The van der Waals surface area contributed by atoms with Crippen LogP contribution in [0, 0.1) is 12.8 Å². The minimum absolute atomic E-state index is 0.0302. The maximum absolute atomic E-state index is 14.0. The number of carbonyl (C=O) groups excluding carboxylic acids is 3. The maximum Gasteiger partial charge on any atom is 0.416 e. The van der Waals surface area contributed by atoms with Gasteiger partial charge in [0, 0.05) is 44.4 Å². The molecule has 0 spiro atoms. The van der Waals surface area contributed by atoms with Crippen molar-refractivity contribution in [2.45, 2.75) is 57.7 Å². The van der Waals surface area contributed by atoms with Crippen LogP contribution in [0.3, 0.4) is 0 Å². The Balaban J connectivity index is 1.39. The quantitative estimate of drug-likeness (QED) is 0.284. The van der Waals surface area contributed by atoms with E-state index in [2.05, 4.69) is 16.5 Å². The standard InChI is InChI=1S/C31H29ClF5N7O3/c1-4-25(45)43-15-24-39-19(12-41(24)14-22(43)29(33)34)13-42-11-17-9-26(46)44(23-10-18(31(35,36)37)8-16(2)38-23)27(17)30(47)40(3)21-7-5-6-20(32)28(21)42/h4-8,10,12,17,22,27,29H,1,9,11,13-15H2,2-3H3/t17-,22+,27+/m1/s1. The van der Waals surface area contributed by atoms with Crippen LogP contribution in [0.2, 0.25) is 5.02 Å². The summed E-state index contributed by atoms with van der Waals surface area (Å²) >= 11 is 6.70. The summed E-state index contributed by atoms with van der Waals surface area (Å²) in [7, 11) is 1.49. The van der Waals surface area contributed by atoms with Gasteiger partial charge in [0.1, 0.15) is 23.7 Å². The lowest BCUT2D eigenvalue weighted by atomic mass is 9.95. The van der Waals surface area contributed by atoms with Gasteiger partial charge in [-0.15, -0.1) is 0 Å². The van der Waals surface area contributed by atoms with E-state index in [4.69, 9.17) is 11.6 Å². The zero-order valence-electron chi connectivity index (χ0n) is 25.2. The van der Waals surface area contributed by atoms with Crippen LogP contribution in [0.5, 0.6) is 0 Å². The van der Waals surface area contributed by atoms with E-state index < -0.39 is 53.9 Å². The number of aromatic nitrogens is 3. The number of fused-ring (bicyclic) bond motifs is 3. The first kappa shape index (κ1) is 32.4. The van der Waals surface area contributed by atoms with Crippen molar-refractivity contribution >= 4 is 46.5 Å². The lowest BCUT2D eigenvalue weighted by Gasteiger charge is -2.39. The predicted molar refractivity (Wildman–Crippen MR) is 162 cm³/mol. The van der Waals surface area contributed by atoms with Crippen LogP contribution in [0.4, 0.5) is 39.1 Å². The monoisotopic (exact) mass is 677 g/mol. The number of rotatable bonds is 5. The number of anilines is 3. The number of benzene rings is 1. The normalized spacial score (nSPS) is 21.4. The van der Waals surface area contributed by atoms with E-state index in [1.807, 2.05) is 4.90 Å². The number of aryl methyl sites for hydroxylation is 1. The predicted octanol–water partition coefficient (Wildman–Crippen LogP) is 4.83. The highest BCUT2D eigenvalue weighted by molar-refractivity contribution is 6.34. The van der Waals surface area contributed by atoms with Crippen LogP contribution < -0.4 is 14.7 Å². The summed E-state index contributed by atoms with van der Waals surface area (Å²) in [5.74, 6) is -2.31. The third-order valence-electron chi connectivity index (χ3n) is 8.73. The van der Waals surface area contributed by atoms with Gasteiger partial charge in [-0.3, -0.25) is 19.3 Å². The number of carbonyl (C=O) groups is 3. The molecule has 5 heterocycles. The molecule has 3 aliphatic heterocycles. The first-order valence-corrected chi connectivity index (χ1v) is 15.0. The van der Waals surface area contributed by atoms with Crippen LogP contribution in [0.25, 0.3) is 0 Å². The largest absolute Gasteiger partial charge is 0.416 e. The summed E-state index contributed by atoms with van der Waals surface area (Å²) < 4.78 is 70.5. The molecule has 1 aromatic carbocycles. The molecule has 10 nitrogen and oxygen atoms in total. The van der Waals surface area contributed by atoms with Crippen molar-refractivity contribution < 1.29 is 36.3 Å². The maximum atomic E-state index is 14.0. The third-order valence-corrected chi connectivity index (χ3v) is 9.04. The average Bonchev–Trinajstić information content (AvgIpc) is 3.56. The molecule has 248 valence electrons. The molecule has 1 fully saturated rings. The van der Waals surface area contributed by atoms with E-state index in [-0.39, 0.29) is 44.1 Å². The molecule has 0 N–H and O–H groups in total. The molecule has 0 aliphatic carbocycles. The molecule has 16 heteroatoms. The number of hydrogen-bond acceptors (Lipinski definition) is 6. The van der Waals surface area contributed by atoms with Gasteiger partial charge in [-0.2, -0.15) is 13.2 Å². The Labute approximate surface area is 271 Å². The van der Waals surface area contributed by atoms with Crippen LogP contribution in [0.1, 0.15) is 29.2 Å². The van der Waals surface area contributed by atoms with Crippen LogP contribution in [-0.4, -0.2) is 69.3 Å². The summed E-state index contributed by atoms with van der Waals surface area (Å²) in [6.45, 7) is 4.59. The summed E-state index contributed by atoms with van der Waals surface area (Å²) in [5.41, 5.74) is 0.338. The van der Waals surface area contributed by atoms with Crippen molar-refractivity contribution in [3.63, 3.8) is 0 Å². The van der Waals surface area contributed by atoms with Crippen molar-refractivity contribution in [1.82, 2.24) is 19.4 Å². The first-order valence-electron chi connectivity index (χ1n) is 14.6. The molecular weight excluding hydrogens is 649 g/mol. The van der Waals surface area contributed by atoms with Crippen molar-refractivity contribution in [2.75, 3.05) is 28.3 Å². The zero-order valence-corrected chi connectivity index (χ0v) is 26.0. The second-order valence-electron chi connectivity index (χ2n) is 11.8. The molecule has 0 saturated carbocycles. The Morgan fingerprint density at radius 2 is 1.91 bits per heavy atom. The summed E-state index contributed by atoms with van der Waals surface area (Å²) in [6.07, 6.45) is -5.07. The second kappa shape index (κ2) is 11.9. The van der Waals surface area contributed by atoms with E-state index in [9.17, 15) is 36.3 Å². The van der Waals surface area contributed by atoms with Crippen LogP contribution in [0.15, 0.2) is 49.2 Å². The molecule has 1 saturated heterocycles. The number of amides is 3. The molecule has 3 aliphatic rings. The van der Waals surface area contributed by atoms with Gasteiger partial charge in [-0.05, 0) is 37.3 Å². The van der Waals surface area contributed by atoms with Gasteiger partial charge in [-0.1, -0.05) is 24.2 Å². The molecule has 0 radical (unpaired) electrons. The molecule has 0 unspecified atom stereocenters. The van der Waals surface area contributed by atoms with Gasteiger partial charge in [0.05, 0.1) is 40.7 Å². The van der Waals surface area contributed by atoms with Crippen molar-refractivity contribution in [3.05, 3.63) is 77.0 Å². The van der Waals surface area contributed by atoms with Crippen molar-refractivity contribution in [3.8, 4) is 0 Å². The number of nitrogens with zero attached hydrogens (tertiary/aromatic N) is 7. The van der Waals surface area contributed by atoms with Crippen molar-refractivity contribution in [1.29, 1.82) is 0 Å². The van der Waals surface area contributed by atoms with Crippen molar-refractivity contribution in [2.24, 2.45) is 5.92 Å². The minimum atomic E-state index is -4.70. The molecular formula is C31H29ClF5N7O3. The average molecular weight is 678 g/mol. The van der Waals surface area contributed by atoms with Crippen LogP contribution in [-0.2, 0) is 40.2 Å². The molecule has 3 amide bonds. The molecule has 3 atom stereocenters.